The topological polar surface area (TPSA) is 79.3 Å². The summed E-state index contributed by atoms with van der Waals surface area (Å²) in [6.45, 7) is 3.06. The van der Waals surface area contributed by atoms with Crippen molar-refractivity contribution in [2.75, 3.05) is 23.3 Å². The van der Waals surface area contributed by atoms with E-state index in [0.29, 0.717) is 25.2 Å². The predicted octanol–water partition coefficient (Wildman–Crippen LogP) is 2.22. The largest absolute Gasteiger partial charge is 0.338 e. The number of aryl methyl sites for hydroxylation is 2. The molecule has 7 heteroatoms. The summed E-state index contributed by atoms with van der Waals surface area (Å²) in [5.74, 6) is 0.745. The minimum Gasteiger partial charge on any atom is -0.338 e. The van der Waals surface area contributed by atoms with Crippen LogP contribution >= 0.6 is 0 Å². The fourth-order valence-electron chi connectivity index (χ4n) is 3.06. The highest BCUT2D eigenvalue weighted by Crippen LogP contribution is 2.27. The van der Waals surface area contributed by atoms with Gasteiger partial charge in [-0.05, 0) is 31.4 Å². The van der Waals surface area contributed by atoms with Crippen LogP contribution in [0.4, 0.5) is 16.3 Å². The number of hydrogen-bond donors (Lipinski definition) is 2. The van der Waals surface area contributed by atoms with E-state index in [9.17, 15) is 9.59 Å². The van der Waals surface area contributed by atoms with Crippen molar-refractivity contribution in [3.8, 4) is 0 Å². The second-order valence-corrected chi connectivity index (χ2v) is 6.20. The van der Waals surface area contributed by atoms with Crippen molar-refractivity contribution in [2.45, 2.75) is 26.2 Å². The van der Waals surface area contributed by atoms with Crippen LogP contribution in [0.2, 0.25) is 0 Å². The Morgan fingerprint density at radius 2 is 2.08 bits per heavy atom. The van der Waals surface area contributed by atoms with E-state index in [0.717, 1.165) is 24.3 Å². The third-order valence-corrected chi connectivity index (χ3v) is 4.28. The van der Waals surface area contributed by atoms with Crippen LogP contribution in [0.15, 0.2) is 30.3 Å². The average Bonchev–Trinajstić information content (AvgIpc) is 3.14. The van der Waals surface area contributed by atoms with Crippen LogP contribution in [0.3, 0.4) is 0 Å². The highest BCUT2D eigenvalue weighted by Gasteiger charge is 2.23. The molecule has 0 aliphatic carbocycles. The summed E-state index contributed by atoms with van der Waals surface area (Å²) in [4.78, 5) is 26.1. The van der Waals surface area contributed by atoms with Crippen LogP contribution in [-0.4, -0.2) is 34.8 Å². The minimum atomic E-state index is -0.290. The molecule has 132 valence electrons. The molecule has 0 bridgehead atoms. The molecule has 3 rings (SSSR count). The number of rotatable bonds is 5. The quantitative estimate of drug-likeness (QED) is 0.819. The molecular weight excluding hydrogens is 318 g/mol. The first-order chi connectivity index (χ1) is 12.0. The molecule has 0 saturated heterocycles. The molecule has 0 atom stereocenters. The van der Waals surface area contributed by atoms with Crippen molar-refractivity contribution in [3.63, 3.8) is 0 Å². The van der Waals surface area contributed by atoms with Crippen molar-refractivity contribution in [3.05, 3.63) is 41.6 Å². The molecule has 2 N–H and O–H groups in total. The number of nitrogens with zero attached hydrogens (tertiary/aromatic N) is 3. The molecule has 1 aliphatic heterocycles. The van der Waals surface area contributed by atoms with Gasteiger partial charge in [0, 0.05) is 38.3 Å². The number of carbonyl (C=O) groups is 2. The van der Waals surface area contributed by atoms with E-state index in [4.69, 9.17) is 0 Å². The lowest BCUT2D eigenvalue weighted by atomic mass is 10.2. The molecule has 1 aromatic heterocycles. The first-order valence-corrected chi connectivity index (χ1v) is 8.48. The molecule has 1 aromatic carbocycles. The standard InChI is InChI=1S/C18H23N5O2/c1-13-12-16(22(2)21-13)20-18(25)19-10-5-8-17(24)23-11-9-14-6-3-4-7-15(14)23/h3-4,6-7,12H,5,8-11H2,1-2H3,(H2,19,20,25). The lowest BCUT2D eigenvalue weighted by Crippen LogP contribution is -2.32. The highest BCUT2D eigenvalue weighted by atomic mass is 16.2. The maximum atomic E-state index is 12.4. The molecule has 0 unspecified atom stereocenters. The van der Waals surface area contributed by atoms with Crippen molar-refractivity contribution in [2.24, 2.45) is 7.05 Å². The first kappa shape index (κ1) is 17.0. The number of anilines is 2. The van der Waals surface area contributed by atoms with Gasteiger partial charge < -0.3 is 10.2 Å². The number of carbonyl (C=O) groups excluding carboxylic acids is 2. The Kier molecular flexibility index (Phi) is 5.02. The van der Waals surface area contributed by atoms with E-state index in [1.54, 1.807) is 17.8 Å². The fourth-order valence-corrected chi connectivity index (χ4v) is 3.06. The summed E-state index contributed by atoms with van der Waals surface area (Å²) in [5, 5.41) is 9.68. The number of fused-ring (bicyclic) bond motifs is 1. The van der Waals surface area contributed by atoms with Gasteiger partial charge in [0.15, 0.2) is 0 Å². The number of hydrogen-bond acceptors (Lipinski definition) is 3. The van der Waals surface area contributed by atoms with Crippen LogP contribution in [0.25, 0.3) is 0 Å². The third-order valence-electron chi connectivity index (χ3n) is 4.28. The van der Waals surface area contributed by atoms with Crippen LogP contribution < -0.4 is 15.5 Å². The smallest absolute Gasteiger partial charge is 0.320 e. The van der Waals surface area contributed by atoms with E-state index in [1.165, 1.54) is 5.56 Å². The number of aromatic nitrogens is 2. The normalized spacial score (nSPS) is 12.8. The van der Waals surface area contributed by atoms with Gasteiger partial charge in [-0.25, -0.2) is 4.79 Å². The molecule has 0 fully saturated rings. The summed E-state index contributed by atoms with van der Waals surface area (Å²) in [5.41, 5.74) is 3.08. The number of nitrogens with one attached hydrogen (secondary N) is 2. The van der Waals surface area contributed by atoms with Gasteiger partial charge in [-0.1, -0.05) is 18.2 Å². The minimum absolute atomic E-state index is 0.106. The van der Waals surface area contributed by atoms with Crippen LogP contribution in [0, 0.1) is 6.92 Å². The molecule has 25 heavy (non-hydrogen) atoms. The molecule has 2 aromatic rings. The first-order valence-electron chi connectivity index (χ1n) is 8.48. The summed E-state index contributed by atoms with van der Waals surface area (Å²) in [7, 11) is 1.77. The number of para-hydroxylation sites is 1. The van der Waals surface area contributed by atoms with Gasteiger partial charge in [0.05, 0.1) is 5.69 Å². The highest BCUT2D eigenvalue weighted by molar-refractivity contribution is 5.95. The molecule has 1 aliphatic rings. The SMILES string of the molecule is Cc1cc(NC(=O)NCCCC(=O)N2CCc3ccccc32)n(C)n1. The van der Waals surface area contributed by atoms with Gasteiger partial charge >= 0.3 is 6.03 Å². The number of urea groups is 1. The zero-order valence-corrected chi connectivity index (χ0v) is 14.6. The Morgan fingerprint density at radius 1 is 1.28 bits per heavy atom. The maximum absolute atomic E-state index is 12.4. The Hall–Kier alpha value is -2.83. The van der Waals surface area contributed by atoms with E-state index in [2.05, 4.69) is 21.8 Å². The van der Waals surface area contributed by atoms with Crippen LogP contribution in [-0.2, 0) is 18.3 Å². The molecule has 0 spiro atoms. The molecular formula is C18H23N5O2. The summed E-state index contributed by atoms with van der Waals surface area (Å²) in [6.07, 6.45) is 1.93. The van der Waals surface area contributed by atoms with Gasteiger partial charge in [-0.2, -0.15) is 5.10 Å². The van der Waals surface area contributed by atoms with Crippen LogP contribution in [0.5, 0.6) is 0 Å². The Morgan fingerprint density at radius 3 is 2.84 bits per heavy atom. The Balaban J connectivity index is 1.41. The Labute approximate surface area is 147 Å². The van der Waals surface area contributed by atoms with Gasteiger partial charge in [0.25, 0.3) is 0 Å². The van der Waals surface area contributed by atoms with E-state index in [1.807, 2.05) is 30.0 Å². The van der Waals surface area contributed by atoms with Crippen molar-refractivity contribution < 1.29 is 9.59 Å². The van der Waals surface area contributed by atoms with Gasteiger partial charge in [-0.15, -0.1) is 0 Å². The lowest BCUT2D eigenvalue weighted by molar-refractivity contribution is -0.118. The van der Waals surface area contributed by atoms with Gasteiger partial charge in [-0.3, -0.25) is 14.8 Å². The average molecular weight is 341 g/mol. The maximum Gasteiger partial charge on any atom is 0.320 e. The van der Waals surface area contributed by atoms with Crippen molar-refractivity contribution in [1.29, 1.82) is 0 Å². The lowest BCUT2D eigenvalue weighted by Gasteiger charge is -2.17. The molecule has 0 saturated carbocycles. The van der Waals surface area contributed by atoms with Gasteiger partial charge in [0.1, 0.15) is 5.82 Å². The summed E-state index contributed by atoms with van der Waals surface area (Å²) >= 11 is 0. The Bertz CT molecular complexity index is 784. The molecule has 3 amide bonds. The predicted molar refractivity (Wildman–Crippen MR) is 96.7 cm³/mol. The van der Waals surface area contributed by atoms with Crippen molar-refractivity contribution >= 4 is 23.4 Å². The monoisotopic (exact) mass is 341 g/mol. The third kappa shape index (κ3) is 3.99. The second kappa shape index (κ2) is 7.38. The number of amides is 3. The zero-order chi connectivity index (χ0) is 17.8. The molecule has 0 radical (unpaired) electrons. The van der Waals surface area contributed by atoms with Crippen LogP contribution in [0.1, 0.15) is 24.1 Å². The van der Waals surface area contributed by atoms with Crippen molar-refractivity contribution in [1.82, 2.24) is 15.1 Å². The van der Waals surface area contributed by atoms with E-state index < -0.39 is 0 Å². The number of benzene rings is 1. The zero-order valence-electron chi connectivity index (χ0n) is 14.6. The van der Waals surface area contributed by atoms with E-state index >= 15 is 0 Å². The molecule has 7 nitrogen and oxygen atoms in total. The molecule has 2 heterocycles. The van der Waals surface area contributed by atoms with Gasteiger partial charge in [0.2, 0.25) is 5.91 Å². The fraction of sp³-hybridized carbons (Fsp3) is 0.389. The summed E-state index contributed by atoms with van der Waals surface area (Å²) < 4.78 is 1.61. The summed E-state index contributed by atoms with van der Waals surface area (Å²) in [6, 6.07) is 9.52. The second-order valence-electron chi connectivity index (χ2n) is 6.20. The van der Waals surface area contributed by atoms with E-state index in [-0.39, 0.29) is 11.9 Å².